The molecule has 0 fully saturated rings. The number of amides is 2. The van der Waals surface area contributed by atoms with Gasteiger partial charge in [0.2, 0.25) is 0 Å². The highest BCUT2D eigenvalue weighted by molar-refractivity contribution is 6.12. The van der Waals surface area contributed by atoms with Crippen LogP contribution in [0.1, 0.15) is 19.8 Å². The van der Waals surface area contributed by atoms with Crippen molar-refractivity contribution in [2.45, 2.75) is 19.8 Å². The number of hydrogen-bond donors (Lipinski definition) is 0. The van der Waals surface area contributed by atoms with Gasteiger partial charge in [-0.25, -0.2) is 0 Å². The second-order valence-electron chi connectivity index (χ2n) is 3.13. The largest absolute Gasteiger partial charge is 0.464 e. The van der Waals surface area contributed by atoms with Crippen molar-refractivity contribution in [3.8, 4) is 0 Å². The molecule has 2 amide bonds. The fourth-order valence-corrected chi connectivity index (χ4v) is 1.18. The van der Waals surface area contributed by atoms with Crippen molar-refractivity contribution >= 4 is 17.8 Å². The molecule has 0 saturated heterocycles. The minimum atomic E-state index is -0.355. The molecule has 0 radical (unpaired) electrons. The zero-order valence-corrected chi connectivity index (χ0v) is 8.56. The third kappa shape index (κ3) is 3.19. The third-order valence-electron chi connectivity index (χ3n) is 1.93. The average molecular weight is 211 g/mol. The van der Waals surface area contributed by atoms with Crippen molar-refractivity contribution in [3.63, 3.8) is 0 Å². The van der Waals surface area contributed by atoms with Crippen molar-refractivity contribution in [1.82, 2.24) is 4.90 Å². The van der Waals surface area contributed by atoms with E-state index < -0.39 is 0 Å². The van der Waals surface area contributed by atoms with Crippen molar-refractivity contribution < 1.29 is 19.1 Å². The Labute approximate surface area is 87.7 Å². The maximum absolute atomic E-state index is 11.1. The molecular formula is C10H13NO4. The molecule has 1 heterocycles. The quantitative estimate of drug-likeness (QED) is 0.483. The molecule has 5 heteroatoms. The van der Waals surface area contributed by atoms with Crippen molar-refractivity contribution in [3.05, 3.63) is 12.2 Å². The molecule has 0 atom stereocenters. The molecule has 0 N–H and O–H groups in total. The maximum Gasteiger partial charge on any atom is 0.305 e. The summed E-state index contributed by atoms with van der Waals surface area (Å²) in [6.07, 6.45) is 3.49. The van der Waals surface area contributed by atoms with Crippen molar-refractivity contribution in [2.75, 3.05) is 13.2 Å². The molecule has 0 bridgehead atoms. The molecular weight excluding hydrogens is 198 g/mol. The molecule has 0 spiro atoms. The first-order chi connectivity index (χ1) is 7.15. The Morgan fingerprint density at radius 1 is 1.33 bits per heavy atom. The van der Waals surface area contributed by atoms with E-state index in [1.54, 1.807) is 0 Å². The summed E-state index contributed by atoms with van der Waals surface area (Å²) in [5.74, 6) is -1.01. The number of nitrogens with zero attached hydrogens (tertiary/aromatic N) is 1. The summed E-state index contributed by atoms with van der Waals surface area (Å²) in [7, 11) is 0. The zero-order chi connectivity index (χ0) is 11.3. The van der Waals surface area contributed by atoms with Crippen LogP contribution < -0.4 is 0 Å². The van der Waals surface area contributed by atoms with Gasteiger partial charge in [0.25, 0.3) is 11.8 Å². The summed E-state index contributed by atoms with van der Waals surface area (Å²) in [5.41, 5.74) is 0. The van der Waals surface area contributed by atoms with Gasteiger partial charge in [0.1, 0.15) is 6.61 Å². The van der Waals surface area contributed by atoms with Gasteiger partial charge in [-0.3, -0.25) is 19.3 Å². The van der Waals surface area contributed by atoms with Crippen LogP contribution in [0.25, 0.3) is 0 Å². The standard InChI is InChI=1S/C10H13NO4/c1-2-3-10(14)15-7-6-11-8(12)4-5-9(11)13/h4-5H,2-3,6-7H2,1H3. The number of rotatable bonds is 5. The molecule has 5 nitrogen and oxygen atoms in total. The molecule has 1 aliphatic heterocycles. The summed E-state index contributed by atoms with van der Waals surface area (Å²) in [4.78, 5) is 34.1. The summed E-state index contributed by atoms with van der Waals surface area (Å²) in [6, 6.07) is 0. The van der Waals surface area contributed by atoms with E-state index in [-0.39, 0.29) is 30.9 Å². The van der Waals surface area contributed by atoms with Gasteiger partial charge < -0.3 is 4.74 Å². The summed E-state index contributed by atoms with van der Waals surface area (Å²) >= 11 is 0. The van der Waals surface area contributed by atoms with Crippen molar-refractivity contribution in [1.29, 1.82) is 0 Å². The first-order valence-corrected chi connectivity index (χ1v) is 4.84. The average Bonchev–Trinajstić information content (AvgIpc) is 2.49. The Morgan fingerprint density at radius 2 is 1.93 bits per heavy atom. The summed E-state index contributed by atoms with van der Waals surface area (Å²) in [6.45, 7) is 2.07. The molecule has 82 valence electrons. The normalized spacial score (nSPS) is 14.9. The lowest BCUT2D eigenvalue weighted by atomic mass is 10.3. The molecule has 0 aliphatic carbocycles. The smallest absolute Gasteiger partial charge is 0.305 e. The second kappa shape index (κ2) is 5.29. The molecule has 0 aromatic carbocycles. The highest BCUT2D eigenvalue weighted by Crippen LogP contribution is 2.02. The third-order valence-corrected chi connectivity index (χ3v) is 1.93. The highest BCUT2D eigenvalue weighted by Gasteiger charge is 2.22. The first kappa shape index (κ1) is 11.4. The lowest BCUT2D eigenvalue weighted by molar-refractivity contribution is -0.147. The maximum atomic E-state index is 11.1. The van der Waals surface area contributed by atoms with Gasteiger partial charge in [-0.05, 0) is 6.42 Å². The monoisotopic (exact) mass is 211 g/mol. The predicted octanol–water partition coefficient (Wildman–Crippen LogP) is 0.255. The van der Waals surface area contributed by atoms with Gasteiger partial charge in [0.15, 0.2) is 0 Å². The summed E-state index contributed by atoms with van der Waals surface area (Å²) < 4.78 is 4.83. The van der Waals surface area contributed by atoms with Crippen LogP contribution in [0.5, 0.6) is 0 Å². The highest BCUT2D eigenvalue weighted by atomic mass is 16.5. The van der Waals surface area contributed by atoms with Crippen LogP contribution in [-0.2, 0) is 19.1 Å². The van der Waals surface area contributed by atoms with Gasteiger partial charge in [-0.1, -0.05) is 6.92 Å². The van der Waals surface area contributed by atoms with E-state index >= 15 is 0 Å². The van der Waals surface area contributed by atoms with E-state index in [2.05, 4.69) is 0 Å². The van der Waals surface area contributed by atoms with E-state index in [1.807, 2.05) is 6.92 Å². The zero-order valence-electron chi connectivity index (χ0n) is 8.56. The topological polar surface area (TPSA) is 63.7 Å². The first-order valence-electron chi connectivity index (χ1n) is 4.84. The number of esters is 1. The van der Waals surface area contributed by atoms with Crippen LogP contribution in [0.2, 0.25) is 0 Å². The van der Waals surface area contributed by atoms with Gasteiger partial charge >= 0.3 is 5.97 Å². The fourth-order valence-electron chi connectivity index (χ4n) is 1.18. The number of carbonyl (C=O) groups excluding carboxylic acids is 3. The lowest BCUT2D eigenvalue weighted by Crippen LogP contribution is -2.33. The van der Waals surface area contributed by atoms with Crippen LogP contribution in [0.4, 0.5) is 0 Å². The molecule has 0 unspecified atom stereocenters. The van der Waals surface area contributed by atoms with E-state index in [9.17, 15) is 14.4 Å². The van der Waals surface area contributed by atoms with Crippen LogP contribution in [-0.4, -0.2) is 35.8 Å². The van der Waals surface area contributed by atoms with Gasteiger partial charge in [0.05, 0.1) is 6.54 Å². The van der Waals surface area contributed by atoms with Gasteiger partial charge in [-0.2, -0.15) is 0 Å². The Bertz CT molecular complexity index is 291. The number of hydrogen-bond acceptors (Lipinski definition) is 4. The Balaban J connectivity index is 2.23. The minimum Gasteiger partial charge on any atom is -0.464 e. The van der Waals surface area contributed by atoms with E-state index in [0.717, 1.165) is 11.3 Å². The molecule has 1 aliphatic rings. The van der Waals surface area contributed by atoms with Crippen LogP contribution in [0.3, 0.4) is 0 Å². The van der Waals surface area contributed by atoms with E-state index in [0.29, 0.717) is 6.42 Å². The molecule has 0 aromatic heterocycles. The molecule has 15 heavy (non-hydrogen) atoms. The number of imide groups is 1. The summed E-state index contributed by atoms with van der Waals surface area (Å²) in [5, 5.41) is 0. The van der Waals surface area contributed by atoms with E-state index in [1.165, 1.54) is 12.2 Å². The fraction of sp³-hybridized carbons (Fsp3) is 0.500. The van der Waals surface area contributed by atoms with Crippen LogP contribution in [0.15, 0.2) is 12.2 Å². The lowest BCUT2D eigenvalue weighted by Gasteiger charge is -2.13. The molecule has 0 saturated carbocycles. The van der Waals surface area contributed by atoms with Crippen LogP contribution >= 0.6 is 0 Å². The van der Waals surface area contributed by atoms with Gasteiger partial charge in [0, 0.05) is 18.6 Å². The van der Waals surface area contributed by atoms with Crippen molar-refractivity contribution in [2.24, 2.45) is 0 Å². The molecule has 1 rings (SSSR count). The SMILES string of the molecule is CCCC(=O)OCCN1C(=O)C=CC1=O. The number of carbonyl (C=O) groups is 3. The molecule has 0 aromatic rings. The van der Waals surface area contributed by atoms with E-state index in [4.69, 9.17) is 4.74 Å². The van der Waals surface area contributed by atoms with Crippen LogP contribution in [0, 0.1) is 0 Å². The minimum absolute atomic E-state index is 0.0675. The Kier molecular flexibility index (Phi) is 4.03. The number of ether oxygens (including phenoxy) is 1. The Hall–Kier alpha value is -1.65. The predicted molar refractivity (Wildman–Crippen MR) is 51.7 cm³/mol. The van der Waals surface area contributed by atoms with Gasteiger partial charge in [-0.15, -0.1) is 0 Å². The Morgan fingerprint density at radius 3 is 2.47 bits per heavy atom. The second-order valence-corrected chi connectivity index (χ2v) is 3.13.